The molecule has 0 atom stereocenters. The van der Waals surface area contributed by atoms with Crippen molar-refractivity contribution in [1.82, 2.24) is 4.37 Å². The van der Waals surface area contributed by atoms with Crippen LogP contribution in [0.2, 0.25) is 0 Å². The molecule has 6 nitrogen and oxygen atoms in total. The first-order valence-corrected chi connectivity index (χ1v) is 6.39. The predicted octanol–water partition coefficient (Wildman–Crippen LogP) is 1.11. The van der Waals surface area contributed by atoms with E-state index in [1.807, 2.05) is 0 Å². The summed E-state index contributed by atoms with van der Waals surface area (Å²) in [6, 6.07) is 0. The molecule has 0 aliphatic rings. The first kappa shape index (κ1) is 14.7. The number of esters is 1. The van der Waals surface area contributed by atoms with E-state index in [4.69, 9.17) is 10.5 Å². The van der Waals surface area contributed by atoms with E-state index in [1.54, 1.807) is 32.7 Å². The van der Waals surface area contributed by atoms with Crippen LogP contribution in [0.5, 0.6) is 0 Å². The molecule has 0 bridgehead atoms. The number of rotatable bonds is 5. The van der Waals surface area contributed by atoms with Gasteiger partial charge in [-0.25, -0.2) is 4.79 Å². The van der Waals surface area contributed by atoms with Crippen LogP contribution in [0.4, 0.5) is 10.8 Å². The van der Waals surface area contributed by atoms with Crippen molar-refractivity contribution in [1.29, 1.82) is 0 Å². The van der Waals surface area contributed by atoms with E-state index in [-0.39, 0.29) is 18.0 Å². The summed E-state index contributed by atoms with van der Waals surface area (Å²) in [5.41, 5.74) is 5.08. The van der Waals surface area contributed by atoms with E-state index < -0.39 is 11.6 Å². The maximum absolute atomic E-state index is 11.8. The Kier molecular flexibility index (Phi) is 4.53. The maximum atomic E-state index is 11.8. The van der Waals surface area contributed by atoms with Gasteiger partial charge >= 0.3 is 5.97 Å². The summed E-state index contributed by atoms with van der Waals surface area (Å²) in [5, 5.41) is 10.4. The highest BCUT2D eigenvalue weighted by Gasteiger charge is 2.25. The van der Waals surface area contributed by atoms with Gasteiger partial charge in [-0.05, 0) is 32.3 Å². The van der Waals surface area contributed by atoms with Gasteiger partial charge in [0, 0.05) is 13.6 Å². The summed E-state index contributed by atoms with van der Waals surface area (Å²) >= 11 is 1.12. The minimum atomic E-state index is -0.876. The van der Waals surface area contributed by atoms with E-state index in [2.05, 4.69) is 4.37 Å². The van der Waals surface area contributed by atoms with Crippen molar-refractivity contribution >= 4 is 28.3 Å². The van der Waals surface area contributed by atoms with Gasteiger partial charge in [-0.15, -0.1) is 0 Å². The molecule has 0 saturated heterocycles. The Bertz CT molecular complexity index is 426. The lowest BCUT2D eigenvalue weighted by Gasteiger charge is -2.26. The predicted molar refractivity (Wildman–Crippen MR) is 72.1 cm³/mol. The topological polar surface area (TPSA) is 88.7 Å². The minimum Gasteiger partial charge on any atom is -0.462 e. The molecule has 1 heterocycles. The van der Waals surface area contributed by atoms with Crippen molar-refractivity contribution in [3.63, 3.8) is 0 Å². The number of nitrogen functional groups attached to an aromatic ring is 1. The lowest BCUT2D eigenvalue weighted by molar-refractivity contribution is 0.0527. The van der Waals surface area contributed by atoms with Gasteiger partial charge in [-0.3, -0.25) is 0 Å². The summed E-state index contributed by atoms with van der Waals surface area (Å²) in [5.74, 6) is -0.322. The Morgan fingerprint density at radius 2 is 2.22 bits per heavy atom. The van der Waals surface area contributed by atoms with Crippen molar-refractivity contribution < 1.29 is 14.6 Å². The zero-order valence-corrected chi connectivity index (χ0v) is 11.9. The van der Waals surface area contributed by atoms with Crippen LogP contribution in [0.3, 0.4) is 0 Å². The third-order valence-electron chi connectivity index (χ3n) is 2.15. The van der Waals surface area contributed by atoms with Crippen LogP contribution in [0.25, 0.3) is 0 Å². The van der Waals surface area contributed by atoms with Crippen LogP contribution >= 0.6 is 11.5 Å². The second-order valence-corrected chi connectivity index (χ2v) is 5.39. The van der Waals surface area contributed by atoms with Crippen LogP contribution in [-0.2, 0) is 4.74 Å². The van der Waals surface area contributed by atoms with E-state index in [0.29, 0.717) is 11.5 Å². The molecule has 0 aliphatic heterocycles. The van der Waals surface area contributed by atoms with Crippen molar-refractivity contribution in [3.8, 4) is 0 Å². The summed E-state index contributed by atoms with van der Waals surface area (Å²) in [6.07, 6.45) is 0. The summed E-state index contributed by atoms with van der Waals surface area (Å²) in [7, 11) is 1.77. The Morgan fingerprint density at radius 3 is 2.72 bits per heavy atom. The number of carbonyl (C=O) groups is 1. The number of nitrogens with zero attached hydrogens (tertiary/aromatic N) is 2. The minimum absolute atomic E-state index is 0.163. The summed E-state index contributed by atoms with van der Waals surface area (Å²) in [6.45, 7) is 5.76. The number of hydrogen-bond acceptors (Lipinski definition) is 7. The second kappa shape index (κ2) is 5.53. The monoisotopic (exact) mass is 273 g/mol. The molecule has 0 radical (unpaired) electrons. The number of ether oxygens (including phenoxy) is 1. The molecule has 0 fully saturated rings. The number of carbonyl (C=O) groups excluding carboxylic acids is 1. The Hall–Kier alpha value is -1.34. The van der Waals surface area contributed by atoms with E-state index in [0.717, 1.165) is 11.5 Å². The first-order valence-electron chi connectivity index (χ1n) is 5.62. The number of aromatic nitrogens is 1. The Morgan fingerprint density at radius 1 is 1.61 bits per heavy atom. The average molecular weight is 273 g/mol. The van der Waals surface area contributed by atoms with Gasteiger partial charge in [0.15, 0.2) is 5.82 Å². The highest BCUT2D eigenvalue weighted by Crippen LogP contribution is 2.31. The lowest BCUT2D eigenvalue weighted by Crippen LogP contribution is -2.36. The van der Waals surface area contributed by atoms with E-state index in [1.165, 1.54) is 0 Å². The second-order valence-electron chi connectivity index (χ2n) is 4.64. The highest BCUT2D eigenvalue weighted by atomic mass is 32.1. The van der Waals surface area contributed by atoms with E-state index in [9.17, 15) is 9.90 Å². The lowest BCUT2D eigenvalue weighted by atomic mass is 10.1. The zero-order chi connectivity index (χ0) is 13.9. The van der Waals surface area contributed by atoms with Crippen LogP contribution in [0.15, 0.2) is 0 Å². The van der Waals surface area contributed by atoms with Gasteiger partial charge < -0.3 is 20.5 Å². The third-order valence-corrected chi connectivity index (χ3v) is 3.13. The molecule has 1 aromatic rings. The van der Waals surface area contributed by atoms with Crippen molar-refractivity contribution in [2.75, 3.05) is 30.8 Å². The Balaban J connectivity index is 2.99. The normalized spacial score (nSPS) is 11.4. The molecule has 7 heteroatoms. The molecule has 0 aromatic carbocycles. The summed E-state index contributed by atoms with van der Waals surface area (Å²) in [4.78, 5) is 13.5. The average Bonchev–Trinajstić information content (AvgIpc) is 2.58. The maximum Gasteiger partial charge on any atom is 0.345 e. The van der Waals surface area contributed by atoms with Crippen LogP contribution < -0.4 is 10.6 Å². The summed E-state index contributed by atoms with van der Waals surface area (Å²) < 4.78 is 8.91. The van der Waals surface area contributed by atoms with Crippen LogP contribution in [0, 0.1) is 0 Å². The molecule has 0 aliphatic carbocycles. The van der Waals surface area contributed by atoms with Crippen molar-refractivity contribution in [3.05, 3.63) is 5.56 Å². The molecular formula is C11H19N3O3S. The third kappa shape index (κ3) is 3.58. The molecular weight excluding hydrogens is 254 g/mol. The molecule has 0 spiro atoms. The molecule has 1 aromatic heterocycles. The molecule has 0 unspecified atom stereocenters. The van der Waals surface area contributed by atoms with Crippen LogP contribution in [-0.4, -0.2) is 41.2 Å². The number of nitrogens with two attached hydrogens (primary N) is 1. The van der Waals surface area contributed by atoms with Gasteiger partial charge in [-0.1, -0.05) is 0 Å². The molecule has 3 N–H and O–H groups in total. The smallest absolute Gasteiger partial charge is 0.345 e. The largest absolute Gasteiger partial charge is 0.462 e. The molecule has 102 valence electrons. The molecule has 18 heavy (non-hydrogen) atoms. The standard InChI is InChI=1S/C11H19N3O3S/c1-5-17-10(15)7-8(12)13-18-9(7)14(4)6-11(2,3)16/h16H,5-6H2,1-4H3,(H2,12,13). The van der Waals surface area contributed by atoms with Gasteiger partial charge in [0.25, 0.3) is 0 Å². The van der Waals surface area contributed by atoms with E-state index >= 15 is 0 Å². The van der Waals surface area contributed by atoms with Crippen LogP contribution in [0.1, 0.15) is 31.1 Å². The first-order chi connectivity index (χ1) is 8.26. The highest BCUT2D eigenvalue weighted by molar-refractivity contribution is 7.11. The number of likely N-dealkylation sites (N-methyl/N-ethyl adjacent to an activating group) is 1. The van der Waals surface area contributed by atoms with Gasteiger partial charge in [0.2, 0.25) is 0 Å². The van der Waals surface area contributed by atoms with Gasteiger partial charge in [0.05, 0.1) is 12.2 Å². The molecule has 0 saturated carbocycles. The fourth-order valence-electron chi connectivity index (χ4n) is 1.60. The van der Waals surface area contributed by atoms with Gasteiger partial charge in [-0.2, -0.15) is 4.37 Å². The fourth-order valence-corrected chi connectivity index (χ4v) is 2.36. The van der Waals surface area contributed by atoms with Gasteiger partial charge in [0.1, 0.15) is 10.6 Å². The SMILES string of the molecule is CCOC(=O)c1c(N)nsc1N(C)CC(C)(C)O. The zero-order valence-electron chi connectivity index (χ0n) is 11.1. The number of aliphatic hydroxyl groups is 1. The quantitative estimate of drug-likeness (QED) is 0.781. The van der Waals surface area contributed by atoms with Crippen molar-refractivity contribution in [2.24, 2.45) is 0 Å². The number of hydrogen-bond donors (Lipinski definition) is 2. The Labute approximate surface area is 111 Å². The fraction of sp³-hybridized carbons (Fsp3) is 0.636. The molecule has 1 rings (SSSR count). The van der Waals surface area contributed by atoms with Crippen molar-refractivity contribution in [2.45, 2.75) is 26.4 Å². The number of anilines is 2. The molecule has 0 amide bonds.